The number of benzene rings is 1. The molecule has 0 aromatic heterocycles. The van der Waals surface area contributed by atoms with E-state index in [4.69, 9.17) is 11.6 Å². The van der Waals surface area contributed by atoms with E-state index in [1.807, 2.05) is 19.1 Å². The van der Waals surface area contributed by atoms with Crippen molar-refractivity contribution >= 4 is 21.4 Å². The Balaban J connectivity index is 2.83. The van der Waals surface area contributed by atoms with Crippen molar-refractivity contribution in [3.05, 3.63) is 29.8 Å². The van der Waals surface area contributed by atoms with Crippen LogP contribution in [0.1, 0.15) is 18.4 Å². The highest BCUT2D eigenvalue weighted by Crippen LogP contribution is 2.17. The zero-order valence-electron chi connectivity index (χ0n) is 8.74. The Morgan fingerprint density at radius 1 is 1.20 bits per heavy atom. The molecule has 0 fully saturated rings. The minimum Gasteiger partial charge on any atom is -0.224 e. The summed E-state index contributed by atoms with van der Waals surface area (Å²) in [5.41, 5.74) is 0.809. The van der Waals surface area contributed by atoms with Gasteiger partial charge < -0.3 is 0 Å². The Morgan fingerprint density at radius 2 is 1.87 bits per heavy atom. The van der Waals surface area contributed by atoms with Crippen molar-refractivity contribution in [2.45, 2.75) is 24.7 Å². The van der Waals surface area contributed by atoms with Gasteiger partial charge in [0.15, 0.2) is 9.84 Å². The molecule has 0 aliphatic carbocycles. The van der Waals surface area contributed by atoms with E-state index in [1.54, 1.807) is 12.1 Å². The van der Waals surface area contributed by atoms with Crippen LogP contribution in [-0.2, 0) is 9.84 Å². The van der Waals surface area contributed by atoms with Crippen LogP contribution in [0.3, 0.4) is 0 Å². The molecule has 1 aromatic carbocycles. The average Bonchev–Trinajstić information content (AvgIpc) is 2.18. The zero-order chi connectivity index (χ0) is 11.3. The standard InChI is InChI=1S/C11H15ClO2S/c1-10-6-2-3-7-11(10)15(13,14)9-5-4-8-12/h2-3,6-7H,4-5,8-9H2,1H3. The lowest BCUT2D eigenvalue weighted by Gasteiger charge is -2.06. The van der Waals surface area contributed by atoms with Gasteiger partial charge in [0.05, 0.1) is 10.6 Å². The van der Waals surface area contributed by atoms with Crippen molar-refractivity contribution in [2.75, 3.05) is 11.6 Å². The number of alkyl halides is 1. The Kier molecular flexibility index (Phi) is 4.61. The smallest absolute Gasteiger partial charge is 0.178 e. The molecule has 4 heteroatoms. The van der Waals surface area contributed by atoms with Gasteiger partial charge in [-0.2, -0.15) is 0 Å². The fraction of sp³-hybridized carbons (Fsp3) is 0.455. The molecule has 0 saturated heterocycles. The van der Waals surface area contributed by atoms with Crippen LogP contribution < -0.4 is 0 Å². The topological polar surface area (TPSA) is 34.1 Å². The minimum absolute atomic E-state index is 0.185. The summed E-state index contributed by atoms with van der Waals surface area (Å²) >= 11 is 5.51. The summed E-state index contributed by atoms with van der Waals surface area (Å²) in [6, 6.07) is 7.06. The summed E-state index contributed by atoms with van der Waals surface area (Å²) in [5.74, 6) is 0.702. The van der Waals surface area contributed by atoms with Crippen molar-refractivity contribution in [3.8, 4) is 0 Å². The second-order valence-corrected chi connectivity index (χ2v) is 5.94. The molecular formula is C11H15ClO2S. The molecule has 0 heterocycles. The number of unbranched alkanes of at least 4 members (excludes halogenated alkanes) is 1. The Bertz CT molecular complexity index is 412. The second-order valence-electron chi connectivity index (χ2n) is 3.48. The average molecular weight is 247 g/mol. The van der Waals surface area contributed by atoms with Crippen LogP contribution in [-0.4, -0.2) is 20.1 Å². The third-order valence-corrected chi connectivity index (χ3v) is 4.45. The number of sulfone groups is 1. The Morgan fingerprint density at radius 3 is 2.47 bits per heavy atom. The van der Waals surface area contributed by atoms with E-state index in [0.29, 0.717) is 17.2 Å². The molecule has 0 N–H and O–H groups in total. The van der Waals surface area contributed by atoms with E-state index >= 15 is 0 Å². The maximum Gasteiger partial charge on any atom is 0.178 e. The molecule has 0 spiro atoms. The van der Waals surface area contributed by atoms with E-state index < -0.39 is 9.84 Å². The predicted octanol–water partition coefficient (Wildman–Crippen LogP) is 2.79. The van der Waals surface area contributed by atoms with E-state index in [-0.39, 0.29) is 5.75 Å². The van der Waals surface area contributed by atoms with Crippen LogP contribution in [0.5, 0.6) is 0 Å². The van der Waals surface area contributed by atoms with Crippen molar-refractivity contribution in [1.82, 2.24) is 0 Å². The van der Waals surface area contributed by atoms with Gasteiger partial charge in [0.25, 0.3) is 0 Å². The van der Waals surface area contributed by atoms with E-state index in [2.05, 4.69) is 0 Å². The van der Waals surface area contributed by atoms with Crippen molar-refractivity contribution in [3.63, 3.8) is 0 Å². The fourth-order valence-electron chi connectivity index (χ4n) is 1.40. The zero-order valence-corrected chi connectivity index (χ0v) is 10.3. The van der Waals surface area contributed by atoms with Gasteiger partial charge in [0, 0.05) is 5.88 Å². The minimum atomic E-state index is -3.12. The maximum absolute atomic E-state index is 11.9. The van der Waals surface area contributed by atoms with Crippen LogP contribution in [0.15, 0.2) is 29.2 Å². The first-order valence-corrected chi connectivity index (χ1v) is 7.11. The highest BCUT2D eigenvalue weighted by Gasteiger charge is 2.15. The third-order valence-electron chi connectivity index (χ3n) is 2.23. The maximum atomic E-state index is 11.9. The highest BCUT2D eigenvalue weighted by molar-refractivity contribution is 7.91. The quantitative estimate of drug-likeness (QED) is 0.591. The first-order valence-electron chi connectivity index (χ1n) is 4.92. The molecule has 1 rings (SSSR count). The van der Waals surface area contributed by atoms with Crippen molar-refractivity contribution in [2.24, 2.45) is 0 Å². The first-order chi connectivity index (χ1) is 7.08. The number of aryl methyl sites for hydroxylation is 1. The lowest BCUT2D eigenvalue weighted by Crippen LogP contribution is -2.08. The largest absolute Gasteiger partial charge is 0.224 e. The normalized spacial score (nSPS) is 11.6. The van der Waals surface area contributed by atoms with Gasteiger partial charge in [-0.15, -0.1) is 11.6 Å². The number of hydrogen-bond donors (Lipinski definition) is 0. The summed E-state index contributed by atoms with van der Waals surface area (Å²) in [6.45, 7) is 1.81. The van der Waals surface area contributed by atoms with Gasteiger partial charge in [-0.1, -0.05) is 18.2 Å². The number of halogens is 1. The monoisotopic (exact) mass is 246 g/mol. The van der Waals surface area contributed by atoms with E-state index in [0.717, 1.165) is 12.0 Å². The highest BCUT2D eigenvalue weighted by atomic mass is 35.5. The van der Waals surface area contributed by atoms with Crippen molar-refractivity contribution < 1.29 is 8.42 Å². The molecule has 15 heavy (non-hydrogen) atoms. The van der Waals surface area contributed by atoms with Gasteiger partial charge in [0.1, 0.15) is 0 Å². The molecule has 0 aliphatic rings. The van der Waals surface area contributed by atoms with Crippen LogP contribution in [0.2, 0.25) is 0 Å². The van der Waals surface area contributed by atoms with Crippen LogP contribution >= 0.6 is 11.6 Å². The summed E-state index contributed by atoms with van der Waals surface area (Å²) < 4.78 is 23.8. The second kappa shape index (κ2) is 5.52. The van der Waals surface area contributed by atoms with Gasteiger partial charge in [-0.25, -0.2) is 8.42 Å². The van der Waals surface area contributed by atoms with Crippen LogP contribution in [0, 0.1) is 6.92 Å². The van der Waals surface area contributed by atoms with Crippen LogP contribution in [0.25, 0.3) is 0 Å². The SMILES string of the molecule is Cc1ccccc1S(=O)(=O)CCCCCl. The molecule has 1 aromatic rings. The predicted molar refractivity (Wildman–Crippen MR) is 63.2 cm³/mol. The first kappa shape index (κ1) is 12.5. The Labute approximate surface area is 96.2 Å². The molecule has 84 valence electrons. The van der Waals surface area contributed by atoms with Gasteiger partial charge >= 0.3 is 0 Å². The lowest BCUT2D eigenvalue weighted by molar-refractivity contribution is 0.592. The van der Waals surface area contributed by atoms with E-state index in [1.165, 1.54) is 0 Å². The summed E-state index contributed by atoms with van der Waals surface area (Å²) in [4.78, 5) is 0.444. The molecule has 2 nitrogen and oxygen atoms in total. The molecule has 0 bridgehead atoms. The van der Waals surface area contributed by atoms with E-state index in [9.17, 15) is 8.42 Å². The molecule has 0 radical (unpaired) electrons. The summed E-state index contributed by atoms with van der Waals surface area (Å²) in [7, 11) is -3.12. The molecule has 0 saturated carbocycles. The van der Waals surface area contributed by atoms with Crippen LogP contribution in [0.4, 0.5) is 0 Å². The Hall–Kier alpha value is -0.540. The summed E-state index contributed by atoms with van der Waals surface area (Å²) in [5, 5.41) is 0. The molecule has 0 amide bonds. The van der Waals surface area contributed by atoms with Gasteiger partial charge in [-0.3, -0.25) is 0 Å². The number of rotatable bonds is 5. The lowest BCUT2D eigenvalue weighted by atomic mass is 10.2. The molecule has 0 unspecified atom stereocenters. The molecule has 0 aliphatic heterocycles. The van der Waals surface area contributed by atoms with Gasteiger partial charge in [-0.05, 0) is 31.4 Å². The number of hydrogen-bond acceptors (Lipinski definition) is 2. The third kappa shape index (κ3) is 3.50. The molecule has 0 atom stereocenters. The summed E-state index contributed by atoms with van der Waals surface area (Å²) in [6.07, 6.45) is 1.37. The fourth-order valence-corrected chi connectivity index (χ4v) is 3.24. The van der Waals surface area contributed by atoms with Crippen molar-refractivity contribution in [1.29, 1.82) is 0 Å². The molecular weight excluding hydrogens is 232 g/mol. The van der Waals surface area contributed by atoms with Gasteiger partial charge in [0.2, 0.25) is 0 Å².